The molecule has 1 aliphatic rings. The van der Waals surface area contributed by atoms with E-state index in [0.29, 0.717) is 27.1 Å². The third-order valence-electron chi connectivity index (χ3n) is 6.27. The maximum Gasteiger partial charge on any atom is 0.336 e. The number of hydrogen-bond donors (Lipinski definition) is 1. The van der Waals surface area contributed by atoms with E-state index in [0.717, 1.165) is 21.9 Å². The molecule has 6 nitrogen and oxygen atoms in total. The highest BCUT2D eigenvalue weighted by atomic mass is 32.2. The lowest BCUT2D eigenvalue weighted by molar-refractivity contribution is -0.121. The van der Waals surface area contributed by atoms with Gasteiger partial charge in [0.2, 0.25) is 0 Å². The summed E-state index contributed by atoms with van der Waals surface area (Å²) < 4.78 is 19.4. The van der Waals surface area contributed by atoms with Crippen LogP contribution in [0.3, 0.4) is 0 Å². The van der Waals surface area contributed by atoms with Crippen LogP contribution >= 0.6 is 11.8 Å². The molecule has 0 atom stereocenters. The van der Waals surface area contributed by atoms with Gasteiger partial charge in [0.25, 0.3) is 5.91 Å². The first-order chi connectivity index (χ1) is 18.3. The van der Waals surface area contributed by atoms with E-state index in [4.69, 9.17) is 4.74 Å². The normalized spacial score (nSPS) is 15.6. The number of nitrogens with zero attached hydrogens (tertiary/aromatic N) is 2. The van der Waals surface area contributed by atoms with Gasteiger partial charge in [0.1, 0.15) is 18.2 Å². The van der Waals surface area contributed by atoms with E-state index in [1.807, 2.05) is 36.4 Å². The monoisotopic (exact) mass is 526 g/mol. The Kier molecular flexibility index (Phi) is 6.98. The highest BCUT2D eigenvalue weighted by molar-refractivity contribution is 8.18. The van der Waals surface area contributed by atoms with Crippen LogP contribution in [-0.2, 0) is 11.4 Å². The second-order valence-corrected chi connectivity index (χ2v) is 9.75. The quantitative estimate of drug-likeness (QED) is 0.280. The van der Waals surface area contributed by atoms with Gasteiger partial charge in [0, 0.05) is 12.6 Å². The maximum absolute atomic E-state index is 13.3. The molecule has 0 aromatic heterocycles. The van der Waals surface area contributed by atoms with Gasteiger partial charge in [-0.1, -0.05) is 48.5 Å². The second-order valence-electron chi connectivity index (χ2n) is 8.74. The molecule has 1 heterocycles. The van der Waals surface area contributed by atoms with Crippen LogP contribution in [0.5, 0.6) is 5.75 Å². The van der Waals surface area contributed by atoms with Gasteiger partial charge in [-0.05, 0) is 77.0 Å². The number of thioether (sulfide) groups is 1. The van der Waals surface area contributed by atoms with Crippen molar-refractivity contribution < 1.29 is 23.8 Å². The Morgan fingerprint density at radius 3 is 2.58 bits per heavy atom. The number of benzene rings is 4. The Morgan fingerprint density at radius 1 is 1.05 bits per heavy atom. The van der Waals surface area contributed by atoms with Gasteiger partial charge < -0.3 is 9.84 Å². The summed E-state index contributed by atoms with van der Waals surface area (Å²) in [5, 5.41) is 11.8. The van der Waals surface area contributed by atoms with Crippen molar-refractivity contribution in [1.29, 1.82) is 0 Å². The molecule has 0 saturated carbocycles. The van der Waals surface area contributed by atoms with Crippen molar-refractivity contribution in [1.82, 2.24) is 4.90 Å². The molecule has 38 heavy (non-hydrogen) atoms. The summed E-state index contributed by atoms with van der Waals surface area (Å²) in [4.78, 5) is 31.3. The van der Waals surface area contributed by atoms with Gasteiger partial charge in [0.15, 0.2) is 5.17 Å². The van der Waals surface area contributed by atoms with Crippen molar-refractivity contribution >= 4 is 51.3 Å². The highest BCUT2D eigenvalue weighted by Gasteiger charge is 2.31. The molecule has 0 unspecified atom stereocenters. The summed E-state index contributed by atoms with van der Waals surface area (Å²) in [6, 6.07) is 22.6. The van der Waals surface area contributed by atoms with Crippen LogP contribution in [0.1, 0.15) is 27.0 Å². The number of likely N-dealkylation sites (N-methyl/N-ethyl adjacent to an activating group) is 1. The van der Waals surface area contributed by atoms with Crippen molar-refractivity contribution in [2.75, 3.05) is 7.05 Å². The molecule has 4 aromatic carbocycles. The number of carboxylic acid groups (broad SMARTS) is 1. The molecule has 0 spiro atoms. The van der Waals surface area contributed by atoms with Gasteiger partial charge in [-0.15, -0.1) is 0 Å². The second kappa shape index (κ2) is 10.5. The number of halogens is 1. The molecule has 8 heteroatoms. The average Bonchev–Trinajstić information content (AvgIpc) is 3.17. The number of carbonyl (C=O) groups excluding carboxylic acids is 1. The van der Waals surface area contributed by atoms with Gasteiger partial charge >= 0.3 is 5.97 Å². The lowest BCUT2D eigenvalue weighted by atomic mass is 10.0. The van der Waals surface area contributed by atoms with Crippen LogP contribution in [0.4, 0.5) is 10.1 Å². The zero-order valence-electron chi connectivity index (χ0n) is 20.6. The van der Waals surface area contributed by atoms with Gasteiger partial charge in [-0.2, -0.15) is 0 Å². The third-order valence-corrected chi connectivity index (χ3v) is 7.33. The number of amidine groups is 1. The zero-order valence-corrected chi connectivity index (χ0v) is 21.5. The van der Waals surface area contributed by atoms with E-state index in [-0.39, 0.29) is 23.9 Å². The average molecular weight is 527 g/mol. The van der Waals surface area contributed by atoms with Crippen molar-refractivity contribution in [2.45, 2.75) is 13.5 Å². The lowest BCUT2D eigenvalue weighted by Gasteiger charge is -2.13. The number of hydrogen-bond acceptors (Lipinski definition) is 5. The number of aromatic carboxylic acids is 1. The summed E-state index contributed by atoms with van der Waals surface area (Å²) >= 11 is 1.22. The van der Waals surface area contributed by atoms with Crippen LogP contribution in [0.15, 0.2) is 88.8 Å². The summed E-state index contributed by atoms with van der Waals surface area (Å²) in [5.74, 6) is -0.976. The molecule has 1 fully saturated rings. The van der Waals surface area contributed by atoms with E-state index in [2.05, 4.69) is 4.99 Å². The van der Waals surface area contributed by atoms with Crippen LogP contribution in [0.2, 0.25) is 0 Å². The molecular weight excluding hydrogens is 503 g/mol. The smallest absolute Gasteiger partial charge is 0.336 e. The van der Waals surface area contributed by atoms with Gasteiger partial charge in [-0.3, -0.25) is 9.69 Å². The van der Waals surface area contributed by atoms with Crippen molar-refractivity contribution in [2.24, 2.45) is 4.99 Å². The molecule has 1 aliphatic heterocycles. The van der Waals surface area contributed by atoms with Gasteiger partial charge in [-0.25, -0.2) is 14.2 Å². The Bertz CT molecular complexity index is 1630. The summed E-state index contributed by atoms with van der Waals surface area (Å²) in [6.45, 7) is 1.93. The Labute approximate surface area is 223 Å². The predicted octanol–water partition coefficient (Wildman–Crippen LogP) is 6.80. The van der Waals surface area contributed by atoms with E-state index in [1.165, 1.54) is 34.9 Å². The SMILES string of the molecule is Cc1c(N=C2S/C(=C\c3c(OCc4ccc(F)cc4)ccc4ccccc34)C(=O)N2C)cccc1C(=O)O. The largest absolute Gasteiger partial charge is 0.488 e. The van der Waals surface area contributed by atoms with Crippen molar-refractivity contribution in [3.63, 3.8) is 0 Å². The number of carboxylic acids is 1. The van der Waals surface area contributed by atoms with Crippen LogP contribution < -0.4 is 4.74 Å². The Balaban J connectivity index is 1.52. The number of carbonyl (C=O) groups is 2. The summed E-state index contributed by atoms with van der Waals surface area (Å²) in [5.41, 5.74) is 2.74. The molecule has 1 amide bonds. The first-order valence-corrected chi connectivity index (χ1v) is 12.6. The van der Waals surface area contributed by atoms with Crippen LogP contribution in [0.25, 0.3) is 16.8 Å². The Hall–Kier alpha value is -4.43. The van der Waals surface area contributed by atoms with E-state index in [1.54, 1.807) is 44.3 Å². The first-order valence-electron chi connectivity index (χ1n) is 11.8. The summed E-state index contributed by atoms with van der Waals surface area (Å²) in [6.07, 6.45) is 1.80. The van der Waals surface area contributed by atoms with E-state index < -0.39 is 5.97 Å². The minimum atomic E-state index is -1.03. The van der Waals surface area contributed by atoms with Gasteiger partial charge in [0.05, 0.1) is 16.2 Å². The number of aliphatic imine (C=N–C) groups is 1. The molecule has 0 aliphatic carbocycles. The highest BCUT2D eigenvalue weighted by Crippen LogP contribution is 2.38. The third kappa shape index (κ3) is 5.03. The maximum atomic E-state index is 13.3. The fourth-order valence-corrected chi connectivity index (χ4v) is 5.12. The fraction of sp³-hybridized carbons (Fsp3) is 0.100. The lowest BCUT2D eigenvalue weighted by Crippen LogP contribution is -2.23. The molecule has 0 radical (unpaired) electrons. The molecule has 1 N–H and O–H groups in total. The molecular formula is C30H23FN2O4S. The standard InChI is InChI=1S/C30H23FN2O4S/c1-18-22(29(35)36)8-5-9-25(18)32-30-33(2)28(34)27(38-30)16-24-23-7-4-3-6-20(23)12-15-26(24)37-17-19-10-13-21(31)14-11-19/h3-16H,17H2,1-2H3,(H,35,36)/b27-16-,32-30?. The summed E-state index contributed by atoms with van der Waals surface area (Å²) in [7, 11) is 1.64. The Morgan fingerprint density at radius 2 is 1.82 bits per heavy atom. The minimum absolute atomic E-state index is 0.165. The molecule has 5 rings (SSSR count). The topological polar surface area (TPSA) is 79.2 Å². The van der Waals surface area contributed by atoms with E-state index in [9.17, 15) is 19.1 Å². The van der Waals surface area contributed by atoms with E-state index >= 15 is 0 Å². The molecule has 4 aromatic rings. The number of fused-ring (bicyclic) bond motifs is 1. The molecule has 1 saturated heterocycles. The molecule has 0 bridgehead atoms. The minimum Gasteiger partial charge on any atom is -0.488 e. The number of rotatable bonds is 6. The number of ether oxygens (including phenoxy) is 1. The fourth-order valence-electron chi connectivity index (χ4n) is 4.15. The predicted molar refractivity (Wildman–Crippen MR) is 148 cm³/mol. The van der Waals surface area contributed by atoms with Crippen molar-refractivity contribution in [3.05, 3.63) is 112 Å². The molecule has 190 valence electrons. The number of amides is 1. The first kappa shape index (κ1) is 25.2. The van der Waals surface area contributed by atoms with Crippen molar-refractivity contribution in [3.8, 4) is 5.75 Å². The van der Waals surface area contributed by atoms with Crippen LogP contribution in [0, 0.1) is 12.7 Å². The van der Waals surface area contributed by atoms with Crippen LogP contribution in [-0.4, -0.2) is 34.1 Å². The zero-order chi connectivity index (χ0) is 26.8.